The van der Waals surface area contributed by atoms with Crippen molar-refractivity contribution in [3.63, 3.8) is 0 Å². The molecule has 1 aliphatic rings. The van der Waals surface area contributed by atoms with Crippen LogP contribution in [0.4, 0.5) is 10.1 Å². The second-order valence-corrected chi connectivity index (χ2v) is 4.32. The van der Waals surface area contributed by atoms with Crippen LogP contribution in [-0.4, -0.2) is 4.98 Å². The van der Waals surface area contributed by atoms with E-state index in [0.717, 1.165) is 16.8 Å². The molecule has 2 nitrogen and oxygen atoms in total. The van der Waals surface area contributed by atoms with Crippen LogP contribution in [0.5, 0.6) is 0 Å². The number of benzene rings is 1. The third kappa shape index (κ3) is 1.16. The minimum absolute atomic E-state index is 0.162. The van der Waals surface area contributed by atoms with Gasteiger partial charge >= 0.3 is 0 Å². The lowest BCUT2D eigenvalue weighted by atomic mass is 10.1. The molecule has 3 N–H and O–H groups in total. The third-order valence-corrected chi connectivity index (χ3v) is 3.16. The lowest BCUT2D eigenvalue weighted by Gasteiger charge is -2.00. The summed E-state index contributed by atoms with van der Waals surface area (Å²) in [4.78, 5) is 3.19. The molecule has 15 heavy (non-hydrogen) atoms. The number of aromatic nitrogens is 1. The van der Waals surface area contributed by atoms with Crippen LogP contribution >= 0.6 is 0 Å². The molecule has 1 aliphatic carbocycles. The monoisotopic (exact) mass is 204 g/mol. The van der Waals surface area contributed by atoms with Gasteiger partial charge in [-0.1, -0.05) is 0 Å². The summed E-state index contributed by atoms with van der Waals surface area (Å²) >= 11 is 0. The first-order valence-corrected chi connectivity index (χ1v) is 5.24. The molecule has 1 saturated carbocycles. The first kappa shape index (κ1) is 8.77. The van der Waals surface area contributed by atoms with Gasteiger partial charge in [0, 0.05) is 11.1 Å². The van der Waals surface area contributed by atoms with E-state index in [9.17, 15) is 4.39 Å². The Hall–Kier alpha value is -1.51. The highest BCUT2D eigenvalue weighted by Gasteiger charge is 2.29. The van der Waals surface area contributed by atoms with Crippen molar-refractivity contribution in [3.05, 3.63) is 29.2 Å². The molecule has 0 aliphatic heterocycles. The molecule has 1 heterocycles. The molecule has 0 radical (unpaired) electrons. The van der Waals surface area contributed by atoms with Crippen LogP contribution < -0.4 is 5.73 Å². The lowest BCUT2D eigenvalue weighted by Crippen LogP contribution is -1.88. The number of hydrogen-bond acceptors (Lipinski definition) is 1. The Balaban J connectivity index is 2.42. The number of anilines is 1. The fourth-order valence-electron chi connectivity index (χ4n) is 2.32. The summed E-state index contributed by atoms with van der Waals surface area (Å²) in [5, 5.41) is 0.704. The fourth-order valence-corrected chi connectivity index (χ4v) is 2.32. The molecule has 0 spiro atoms. The van der Waals surface area contributed by atoms with Crippen molar-refractivity contribution in [2.24, 2.45) is 0 Å². The van der Waals surface area contributed by atoms with Gasteiger partial charge in [-0.05, 0) is 43.4 Å². The van der Waals surface area contributed by atoms with Crippen LogP contribution in [0.3, 0.4) is 0 Å². The standard InChI is InChI=1S/C12H13FN2/c1-6-10(7-2-3-7)11-8(13)4-5-9(14)12(11)15-6/h4-5,7,15H,2-3,14H2,1H3. The van der Waals surface area contributed by atoms with Crippen LogP contribution in [0.25, 0.3) is 10.9 Å². The van der Waals surface area contributed by atoms with Crippen molar-refractivity contribution in [1.29, 1.82) is 0 Å². The summed E-state index contributed by atoms with van der Waals surface area (Å²) < 4.78 is 13.8. The van der Waals surface area contributed by atoms with Gasteiger partial charge < -0.3 is 10.7 Å². The molecule has 1 aromatic carbocycles. The van der Waals surface area contributed by atoms with E-state index in [1.54, 1.807) is 6.07 Å². The molecule has 1 aromatic heterocycles. The molecule has 0 atom stereocenters. The summed E-state index contributed by atoms with van der Waals surface area (Å²) in [6, 6.07) is 3.07. The Kier molecular flexibility index (Phi) is 1.61. The normalized spacial score (nSPS) is 16.1. The lowest BCUT2D eigenvalue weighted by molar-refractivity contribution is 0.639. The maximum atomic E-state index is 13.8. The van der Waals surface area contributed by atoms with E-state index < -0.39 is 0 Å². The predicted octanol–water partition coefficient (Wildman–Crippen LogP) is 3.08. The molecular formula is C12H13FN2. The molecule has 2 aromatic rings. The van der Waals surface area contributed by atoms with Crippen molar-refractivity contribution in [1.82, 2.24) is 4.98 Å². The van der Waals surface area contributed by atoms with Crippen molar-refractivity contribution >= 4 is 16.6 Å². The summed E-state index contributed by atoms with van der Waals surface area (Å²) in [7, 11) is 0. The number of aromatic amines is 1. The topological polar surface area (TPSA) is 41.8 Å². The Bertz CT molecular complexity index is 538. The molecule has 0 amide bonds. The minimum Gasteiger partial charge on any atom is -0.397 e. The van der Waals surface area contributed by atoms with Crippen molar-refractivity contribution in [2.75, 3.05) is 5.73 Å². The Morgan fingerprint density at radius 3 is 2.80 bits per heavy atom. The van der Waals surface area contributed by atoms with E-state index in [4.69, 9.17) is 5.73 Å². The quantitative estimate of drug-likeness (QED) is 0.689. The number of rotatable bonds is 1. The van der Waals surface area contributed by atoms with Gasteiger partial charge in [0.25, 0.3) is 0 Å². The number of nitrogens with one attached hydrogen (secondary N) is 1. The highest BCUT2D eigenvalue weighted by Crippen LogP contribution is 2.46. The number of hydrogen-bond donors (Lipinski definition) is 2. The fraction of sp³-hybridized carbons (Fsp3) is 0.333. The largest absolute Gasteiger partial charge is 0.397 e. The smallest absolute Gasteiger partial charge is 0.133 e. The van der Waals surface area contributed by atoms with Crippen molar-refractivity contribution < 1.29 is 4.39 Å². The summed E-state index contributed by atoms with van der Waals surface area (Å²) in [5.41, 5.74) is 9.41. The summed E-state index contributed by atoms with van der Waals surface area (Å²) in [6.07, 6.45) is 2.34. The highest BCUT2D eigenvalue weighted by molar-refractivity contribution is 5.94. The molecule has 0 saturated heterocycles. The number of nitrogen functional groups attached to an aromatic ring is 1. The number of H-pyrrole nitrogens is 1. The van der Waals surface area contributed by atoms with E-state index in [2.05, 4.69) is 4.98 Å². The average molecular weight is 204 g/mol. The van der Waals surface area contributed by atoms with Crippen molar-refractivity contribution in [3.8, 4) is 0 Å². The summed E-state index contributed by atoms with van der Waals surface area (Å²) in [5.74, 6) is 0.375. The third-order valence-electron chi connectivity index (χ3n) is 3.16. The van der Waals surface area contributed by atoms with Crippen LogP contribution in [0.15, 0.2) is 12.1 Å². The second kappa shape index (κ2) is 2.75. The highest BCUT2D eigenvalue weighted by atomic mass is 19.1. The molecular weight excluding hydrogens is 191 g/mol. The van der Waals surface area contributed by atoms with E-state index in [1.807, 2.05) is 6.92 Å². The van der Waals surface area contributed by atoms with Gasteiger partial charge in [0.15, 0.2) is 0 Å². The maximum Gasteiger partial charge on any atom is 0.133 e. The SMILES string of the molecule is Cc1[nH]c2c(N)ccc(F)c2c1C1CC1. The first-order valence-electron chi connectivity index (χ1n) is 5.24. The zero-order valence-corrected chi connectivity index (χ0v) is 8.60. The number of fused-ring (bicyclic) bond motifs is 1. The molecule has 1 fully saturated rings. The van der Waals surface area contributed by atoms with E-state index in [0.29, 0.717) is 17.0 Å². The Labute approximate surface area is 87.3 Å². The van der Waals surface area contributed by atoms with Crippen molar-refractivity contribution in [2.45, 2.75) is 25.7 Å². The zero-order valence-electron chi connectivity index (χ0n) is 8.60. The average Bonchev–Trinajstić information content (AvgIpc) is 2.96. The number of nitrogens with two attached hydrogens (primary N) is 1. The first-order chi connectivity index (χ1) is 7.18. The maximum absolute atomic E-state index is 13.8. The van der Waals surface area contributed by atoms with Gasteiger partial charge in [0.05, 0.1) is 11.2 Å². The van der Waals surface area contributed by atoms with Gasteiger partial charge in [0.1, 0.15) is 5.82 Å². The molecule has 3 heteroatoms. The molecule has 0 bridgehead atoms. The second-order valence-electron chi connectivity index (χ2n) is 4.32. The predicted molar refractivity (Wildman–Crippen MR) is 59.4 cm³/mol. The van der Waals surface area contributed by atoms with Crippen LogP contribution in [0, 0.1) is 12.7 Å². The minimum atomic E-state index is -0.162. The number of halogens is 1. The van der Waals surface area contributed by atoms with E-state index in [1.165, 1.54) is 18.9 Å². The van der Waals surface area contributed by atoms with Gasteiger partial charge in [0.2, 0.25) is 0 Å². The Morgan fingerprint density at radius 2 is 2.13 bits per heavy atom. The van der Waals surface area contributed by atoms with Gasteiger partial charge in [-0.25, -0.2) is 4.39 Å². The van der Waals surface area contributed by atoms with Crippen LogP contribution in [0.1, 0.15) is 30.0 Å². The van der Waals surface area contributed by atoms with Gasteiger partial charge in [-0.3, -0.25) is 0 Å². The van der Waals surface area contributed by atoms with Gasteiger partial charge in [-0.15, -0.1) is 0 Å². The molecule has 0 unspecified atom stereocenters. The summed E-state index contributed by atoms with van der Waals surface area (Å²) in [6.45, 7) is 1.99. The van der Waals surface area contributed by atoms with Crippen LogP contribution in [-0.2, 0) is 0 Å². The number of aryl methyl sites for hydroxylation is 1. The molecule has 78 valence electrons. The zero-order chi connectivity index (χ0) is 10.6. The Morgan fingerprint density at radius 1 is 1.40 bits per heavy atom. The molecule has 3 rings (SSSR count). The van der Waals surface area contributed by atoms with E-state index in [-0.39, 0.29) is 5.82 Å². The van der Waals surface area contributed by atoms with E-state index >= 15 is 0 Å². The van der Waals surface area contributed by atoms with Crippen LogP contribution in [0.2, 0.25) is 0 Å². The van der Waals surface area contributed by atoms with Gasteiger partial charge in [-0.2, -0.15) is 0 Å².